The van der Waals surface area contributed by atoms with E-state index in [0.29, 0.717) is 12.3 Å². The molecule has 1 aromatic rings. The highest BCUT2D eigenvalue weighted by Crippen LogP contribution is 2.29. The molecule has 118 valence electrons. The van der Waals surface area contributed by atoms with Gasteiger partial charge in [-0.2, -0.15) is 13.2 Å². The maximum Gasteiger partial charge on any atom is 0.416 e. The number of amides is 1. The Kier molecular flexibility index (Phi) is 5.68. The predicted octanol–water partition coefficient (Wildman–Crippen LogP) is 4.48. The molecule has 2 nitrogen and oxygen atoms in total. The number of carbonyl (C=O) groups excluding carboxylic acids is 1. The molecule has 0 fully saturated rings. The summed E-state index contributed by atoms with van der Waals surface area (Å²) in [6.45, 7) is 5.82. The molecule has 6 heteroatoms. The zero-order chi connectivity index (χ0) is 16.3. The molecule has 1 aromatic carbocycles. The van der Waals surface area contributed by atoms with E-state index >= 15 is 0 Å². The van der Waals surface area contributed by atoms with Gasteiger partial charge in [0, 0.05) is 17.5 Å². The number of halogens is 4. The lowest BCUT2D eigenvalue weighted by Crippen LogP contribution is -2.44. The van der Waals surface area contributed by atoms with Crippen molar-refractivity contribution in [2.24, 2.45) is 5.41 Å². The van der Waals surface area contributed by atoms with E-state index in [-0.39, 0.29) is 17.0 Å². The van der Waals surface area contributed by atoms with E-state index in [1.165, 1.54) is 12.1 Å². The summed E-state index contributed by atoms with van der Waals surface area (Å²) in [7, 11) is 0. The van der Waals surface area contributed by atoms with E-state index in [1.54, 1.807) is 0 Å². The third-order valence-corrected chi connectivity index (χ3v) is 3.42. The van der Waals surface area contributed by atoms with E-state index in [1.807, 2.05) is 20.8 Å². The number of alkyl halides is 4. The lowest BCUT2D eigenvalue weighted by molar-refractivity contribution is -0.137. The lowest BCUT2D eigenvalue weighted by Gasteiger charge is -2.31. The molecule has 1 rings (SSSR count). The standard InChI is InChI=1S/C15H19ClF3NO/c1-14(2,3)12(7-8-16)20-13(21)10-5-4-6-11(9-10)15(17,18)19/h4-6,9,12H,7-8H2,1-3H3,(H,20,21). The van der Waals surface area contributed by atoms with Crippen LogP contribution in [-0.2, 0) is 6.18 Å². The zero-order valence-corrected chi connectivity index (χ0v) is 13.0. The first-order chi connectivity index (χ1) is 9.55. The van der Waals surface area contributed by atoms with Crippen LogP contribution in [0.2, 0.25) is 0 Å². The number of hydrogen-bond acceptors (Lipinski definition) is 1. The average Bonchev–Trinajstić information content (AvgIpc) is 2.36. The van der Waals surface area contributed by atoms with Crippen molar-refractivity contribution in [3.63, 3.8) is 0 Å². The van der Waals surface area contributed by atoms with Gasteiger partial charge >= 0.3 is 6.18 Å². The van der Waals surface area contributed by atoms with E-state index in [4.69, 9.17) is 11.6 Å². The van der Waals surface area contributed by atoms with Crippen LogP contribution < -0.4 is 5.32 Å². The average molecular weight is 322 g/mol. The Bertz CT molecular complexity index is 494. The van der Waals surface area contributed by atoms with Crippen LogP contribution in [-0.4, -0.2) is 17.8 Å². The summed E-state index contributed by atoms with van der Waals surface area (Å²) < 4.78 is 38.0. The maximum absolute atomic E-state index is 12.7. The molecule has 0 aliphatic carbocycles. The Morgan fingerprint density at radius 1 is 1.29 bits per heavy atom. The summed E-state index contributed by atoms with van der Waals surface area (Å²) in [6.07, 6.45) is -3.91. The molecule has 0 bridgehead atoms. The van der Waals surface area contributed by atoms with Gasteiger partial charge in [-0.25, -0.2) is 0 Å². The van der Waals surface area contributed by atoms with Crippen LogP contribution in [0.4, 0.5) is 13.2 Å². The van der Waals surface area contributed by atoms with Crippen LogP contribution in [0.15, 0.2) is 24.3 Å². The van der Waals surface area contributed by atoms with Crippen molar-refractivity contribution in [1.82, 2.24) is 5.32 Å². The van der Waals surface area contributed by atoms with E-state index in [0.717, 1.165) is 12.1 Å². The third kappa shape index (κ3) is 5.23. The normalized spacial score (nSPS) is 13.9. The predicted molar refractivity (Wildman–Crippen MR) is 77.5 cm³/mol. The Morgan fingerprint density at radius 2 is 1.90 bits per heavy atom. The Labute approximate surface area is 127 Å². The van der Waals surface area contributed by atoms with E-state index in [2.05, 4.69) is 5.32 Å². The molecule has 1 unspecified atom stereocenters. The van der Waals surface area contributed by atoms with Gasteiger partial charge in [-0.3, -0.25) is 4.79 Å². The molecular weight excluding hydrogens is 303 g/mol. The first kappa shape index (κ1) is 17.8. The van der Waals surface area contributed by atoms with Crippen molar-refractivity contribution in [2.75, 3.05) is 5.88 Å². The van der Waals surface area contributed by atoms with Gasteiger partial charge in [0.05, 0.1) is 5.56 Å². The van der Waals surface area contributed by atoms with Crippen LogP contribution in [0.5, 0.6) is 0 Å². The van der Waals surface area contributed by atoms with Crippen molar-refractivity contribution < 1.29 is 18.0 Å². The molecule has 0 radical (unpaired) electrons. The summed E-state index contributed by atoms with van der Waals surface area (Å²) in [5.41, 5.74) is -1.07. The lowest BCUT2D eigenvalue weighted by atomic mass is 9.85. The maximum atomic E-state index is 12.7. The molecular formula is C15H19ClF3NO. The van der Waals surface area contributed by atoms with Crippen LogP contribution in [0.3, 0.4) is 0 Å². The number of carbonyl (C=O) groups is 1. The summed E-state index contributed by atoms with van der Waals surface area (Å²) in [4.78, 5) is 12.1. The van der Waals surface area contributed by atoms with Crippen LogP contribution in [0, 0.1) is 5.41 Å². The van der Waals surface area contributed by atoms with Gasteiger partial charge in [0.25, 0.3) is 5.91 Å². The summed E-state index contributed by atoms with van der Waals surface area (Å²) in [5.74, 6) is -0.156. The first-order valence-corrected chi connectivity index (χ1v) is 7.13. The monoisotopic (exact) mass is 321 g/mol. The van der Waals surface area contributed by atoms with Gasteiger partial charge in [0.2, 0.25) is 0 Å². The van der Waals surface area contributed by atoms with Crippen molar-refractivity contribution >= 4 is 17.5 Å². The van der Waals surface area contributed by atoms with Crippen LogP contribution >= 0.6 is 11.6 Å². The summed E-state index contributed by atoms with van der Waals surface area (Å²) >= 11 is 5.72. The summed E-state index contributed by atoms with van der Waals surface area (Å²) in [6, 6.07) is 4.18. The number of rotatable bonds is 4. The topological polar surface area (TPSA) is 29.1 Å². The smallest absolute Gasteiger partial charge is 0.349 e. The highest BCUT2D eigenvalue weighted by Gasteiger charge is 2.31. The fourth-order valence-corrected chi connectivity index (χ4v) is 2.13. The van der Waals surface area contributed by atoms with Crippen molar-refractivity contribution in [3.8, 4) is 0 Å². The first-order valence-electron chi connectivity index (χ1n) is 6.60. The molecule has 0 aliphatic rings. The third-order valence-electron chi connectivity index (χ3n) is 3.20. The fraction of sp³-hybridized carbons (Fsp3) is 0.533. The molecule has 0 saturated heterocycles. The second kappa shape index (κ2) is 6.69. The second-order valence-electron chi connectivity index (χ2n) is 5.95. The molecule has 1 amide bonds. The van der Waals surface area contributed by atoms with Crippen LogP contribution in [0.25, 0.3) is 0 Å². The minimum absolute atomic E-state index is 0.00588. The Morgan fingerprint density at radius 3 is 2.38 bits per heavy atom. The van der Waals surface area contributed by atoms with Crippen molar-refractivity contribution in [3.05, 3.63) is 35.4 Å². The minimum Gasteiger partial charge on any atom is -0.349 e. The van der Waals surface area contributed by atoms with Crippen molar-refractivity contribution in [1.29, 1.82) is 0 Å². The Hall–Kier alpha value is -1.23. The van der Waals surface area contributed by atoms with Gasteiger partial charge in [0.1, 0.15) is 0 Å². The second-order valence-corrected chi connectivity index (χ2v) is 6.33. The minimum atomic E-state index is -4.46. The molecule has 1 N–H and O–H groups in total. The zero-order valence-electron chi connectivity index (χ0n) is 12.2. The highest BCUT2D eigenvalue weighted by molar-refractivity contribution is 6.17. The quantitative estimate of drug-likeness (QED) is 0.814. The Balaban J connectivity index is 2.93. The highest BCUT2D eigenvalue weighted by atomic mass is 35.5. The van der Waals surface area contributed by atoms with Crippen LogP contribution in [0.1, 0.15) is 43.1 Å². The molecule has 21 heavy (non-hydrogen) atoms. The van der Waals surface area contributed by atoms with Gasteiger partial charge in [-0.05, 0) is 30.0 Å². The van der Waals surface area contributed by atoms with E-state index < -0.39 is 17.6 Å². The number of hydrogen-bond donors (Lipinski definition) is 1. The molecule has 0 spiro atoms. The van der Waals surface area contributed by atoms with Gasteiger partial charge in [0.15, 0.2) is 0 Å². The van der Waals surface area contributed by atoms with Crippen molar-refractivity contribution in [2.45, 2.75) is 39.4 Å². The van der Waals surface area contributed by atoms with Gasteiger partial charge < -0.3 is 5.32 Å². The van der Waals surface area contributed by atoms with Gasteiger partial charge in [-0.15, -0.1) is 11.6 Å². The molecule has 0 saturated carbocycles. The molecule has 0 aliphatic heterocycles. The molecule has 0 heterocycles. The van der Waals surface area contributed by atoms with Gasteiger partial charge in [-0.1, -0.05) is 26.8 Å². The molecule has 0 aromatic heterocycles. The SMILES string of the molecule is CC(C)(C)C(CCCl)NC(=O)c1cccc(C(F)(F)F)c1. The number of nitrogens with one attached hydrogen (secondary N) is 1. The largest absolute Gasteiger partial charge is 0.416 e. The summed E-state index contributed by atoms with van der Waals surface area (Å²) in [5, 5.41) is 2.76. The van der Waals surface area contributed by atoms with E-state index in [9.17, 15) is 18.0 Å². The molecule has 1 atom stereocenters. The number of benzene rings is 1. The fourth-order valence-electron chi connectivity index (χ4n) is 1.91.